The number of carbonyl (C=O) groups excluding carboxylic acids is 1. The fraction of sp³-hybridized carbons (Fsp3) is 0.400. The second kappa shape index (κ2) is 7.36. The Labute approximate surface area is 131 Å². The molecule has 0 spiro atoms. The Bertz CT molecular complexity index is 664. The number of aromatic amines is 1. The highest BCUT2D eigenvalue weighted by molar-refractivity contribution is 9.10. The van der Waals surface area contributed by atoms with Crippen molar-refractivity contribution in [1.82, 2.24) is 4.98 Å². The lowest BCUT2D eigenvalue weighted by molar-refractivity contribution is -0.118. The third-order valence-electron chi connectivity index (χ3n) is 3.22. The molecular formula is C15H18BrN3O2. The first kappa shape index (κ1) is 15.7. The third kappa shape index (κ3) is 4.14. The van der Waals surface area contributed by atoms with Crippen molar-refractivity contribution in [3.63, 3.8) is 0 Å². The highest BCUT2D eigenvalue weighted by atomic mass is 79.9. The molecule has 1 aromatic heterocycles. The normalized spacial score (nSPS) is 11.5. The van der Waals surface area contributed by atoms with Crippen LogP contribution < -0.4 is 0 Å². The van der Waals surface area contributed by atoms with Gasteiger partial charge in [-0.15, -0.1) is 10.2 Å². The molecular weight excluding hydrogens is 334 g/mol. The Morgan fingerprint density at radius 1 is 1.33 bits per heavy atom. The largest absolute Gasteiger partial charge is 0.493 e. The predicted octanol–water partition coefficient (Wildman–Crippen LogP) is 5.22. The third-order valence-corrected chi connectivity index (χ3v) is 3.71. The molecule has 0 aliphatic heterocycles. The van der Waals surface area contributed by atoms with E-state index in [1.807, 2.05) is 18.2 Å². The number of amides is 1. The summed E-state index contributed by atoms with van der Waals surface area (Å²) in [7, 11) is 0. The number of nitrogens with one attached hydrogen (secondary N) is 1. The minimum absolute atomic E-state index is 0.0781. The number of rotatable bonds is 6. The van der Waals surface area contributed by atoms with Gasteiger partial charge in [0.15, 0.2) is 5.69 Å². The van der Waals surface area contributed by atoms with Gasteiger partial charge in [-0.05, 0) is 24.6 Å². The van der Waals surface area contributed by atoms with Gasteiger partial charge in [0.1, 0.15) is 0 Å². The quantitative estimate of drug-likeness (QED) is 0.552. The molecule has 1 aromatic carbocycles. The van der Waals surface area contributed by atoms with E-state index in [1.165, 1.54) is 0 Å². The molecule has 0 fully saturated rings. The number of nitrogens with zero attached hydrogens (tertiary/aromatic N) is 2. The summed E-state index contributed by atoms with van der Waals surface area (Å²) in [6.45, 7) is 2.12. The number of hydrogen-bond donors (Lipinski definition) is 2. The van der Waals surface area contributed by atoms with E-state index in [1.54, 1.807) is 0 Å². The number of fused-ring (bicyclic) bond motifs is 1. The molecule has 21 heavy (non-hydrogen) atoms. The molecule has 0 radical (unpaired) electrons. The zero-order chi connectivity index (χ0) is 15.2. The summed E-state index contributed by atoms with van der Waals surface area (Å²) in [6, 6.07) is 5.51. The van der Waals surface area contributed by atoms with Crippen molar-refractivity contribution < 1.29 is 9.90 Å². The number of H-pyrrole nitrogens is 1. The van der Waals surface area contributed by atoms with Crippen LogP contribution in [0.3, 0.4) is 0 Å². The molecule has 6 heteroatoms. The van der Waals surface area contributed by atoms with Gasteiger partial charge in [-0.3, -0.25) is 4.79 Å². The van der Waals surface area contributed by atoms with E-state index in [2.05, 4.69) is 38.1 Å². The van der Waals surface area contributed by atoms with E-state index in [9.17, 15) is 9.90 Å². The minimum Gasteiger partial charge on any atom is -0.493 e. The standard InChI is InChI=1S/C15H18BrN3O2/c1-2-3-4-5-6-13(20)18-19-14-11-9-10(16)7-8-12(11)17-15(14)21/h7-9,17,21H,2-6H2,1H3. The van der Waals surface area contributed by atoms with E-state index < -0.39 is 0 Å². The molecule has 0 atom stereocenters. The van der Waals surface area contributed by atoms with Crippen LogP contribution in [0.25, 0.3) is 10.9 Å². The summed E-state index contributed by atoms with van der Waals surface area (Å²) in [5.74, 6) is -0.333. The molecule has 2 N–H and O–H groups in total. The van der Waals surface area contributed by atoms with Gasteiger partial charge in [-0.2, -0.15) is 0 Å². The number of benzene rings is 1. The monoisotopic (exact) mass is 351 g/mol. The van der Waals surface area contributed by atoms with E-state index in [0.29, 0.717) is 12.1 Å². The van der Waals surface area contributed by atoms with Crippen LogP contribution in [0.1, 0.15) is 39.0 Å². The molecule has 2 aromatic rings. The van der Waals surface area contributed by atoms with E-state index in [0.717, 1.165) is 41.1 Å². The number of aromatic hydroxyl groups is 1. The van der Waals surface area contributed by atoms with E-state index >= 15 is 0 Å². The summed E-state index contributed by atoms with van der Waals surface area (Å²) in [6.07, 6.45) is 4.52. The van der Waals surface area contributed by atoms with Gasteiger partial charge in [-0.25, -0.2) is 0 Å². The van der Waals surface area contributed by atoms with E-state index in [4.69, 9.17) is 0 Å². The highest BCUT2D eigenvalue weighted by Crippen LogP contribution is 2.36. The molecule has 1 amide bonds. The summed E-state index contributed by atoms with van der Waals surface area (Å²) in [4.78, 5) is 14.5. The molecule has 2 rings (SSSR count). The highest BCUT2D eigenvalue weighted by Gasteiger charge is 2.11. The Hall–Kier alpha value is -1.69. The molecule has 5 nitrogen and oxygen atoms in total. The van der Waals surface area contributed by atoms with Crippen molar-refractivity contribution in [3.05, 3.63) is 22.7 Å². The molecule has 1 heterocycles. The van der Waals surface area contributed by atoms with Crippen LogP contribution in [0, 0.1) is 0 Å². The lowest BCUT2D eigenvalue weighted by Crippen LogP contribution is -1.91. The molecule has 112 valence electrons. The fourth-order valence-corrected chi connectivity index (χ4v) is 2.46. The number of azo groups is 1. The first-order chi connectivity index (χ1) is 10.1. The maximum absolute atomic E-state index is 11.7. The van der Waals surface area contributed by atoms with Crippen LogP contribution in [0.4, 0.5) is 5.69 Å². The zero-order valence-electron chi connectivity index (χ0n) is 11.9. The lowest BCUT2D eigenvalue weighted by atomic mass is 10.1. The van der Waals surface area contributed by atoms with Crippen molar-refractivity contribution in [3.8, 4) is 5.88 Å². The second-order valence-electron chi connectivity index (χ2n) is 4.92. The van der Waals surface area contributed by atoms with Gasteiger partial charge >= 0.3 is 0 Å². The van der Waals surface area contributed by atoms with Crippen LogP contribution in [-0.4, -0.2) is 16.0 Å². The van der Waals surface area contributed by atoms with Crippen molar-refractivity contribution >= 4 is 38.4 Å². The first-order valence-corrected chi connectivity index (χ1v) is 7.86. The number of unbranched alkanes of at least 4 members (excludes halogenated alkanes) is 3. The maximum Gasteiger partial charge on any atom is 0.264 e. The van der Waals surface area contributed by atoms with Gasteiger partial charge in [0.25, 0.3) is 5.91 Å². The van der Waals surface area contributed by atoms with Gasteiger partial charge in [0.2, 0.25) is 5.88 Å². The minimum atomic E-state index is -0.255. The summed E-state index contributed by atoms with van der Waals surface area (Å²) in [5.41, 5.74) is 1.05. The van der Waals surface area contributed by atoms with E-state index in [-0.39, 0.29) is 11.8 Å². The fourth-order valence-electron chi connectivity index (χ4n) is 2.10. The second-order valence-corrected chi connectivity index (χ2v) is 5.83. The number of carbonyl (C=O) groups is 1. The Kier molecular flexibility index (Phi) is 5.50. The number of hydrogen-bond acceptors (Lipinski definition) is 3. The molecule has 0 saturated carbocycles. The molecule has 0 aliphatic carbocycles. The summed E-state index contributed by atoms with van der Waals surface area (Å²) >= 11 is 3.37. The van der Waals surface area contributed by atoms with Crippen LogP contribution in [0.5, 0.6) is 5.88 Å². The number of aromatic nitrogens is 1. The van der Waals surface area contributed by atoms with Crippen LogP contribution >= 0.6 is 15.9 Å². The molecule has 0 aliphatic rings. The van der Waals surface area contributed by atoms with Crippen molar-refractivity contribution in [2.75, 3.05) is 0 Å². The molecule has 0 bridgehead atoms. The van der Waals surface area contributed by atoms with Crippen LogP contribution in [0.2, 0.25) is 0 Å². The first-order valence-electron chi connectivity index (χ1n) is 7.06. The molecule has 0 unspecified atom stereocenters. The zero-order valence-corrected chi connectivity index (χ0v) is 13.5. The molecule has 0 saturated heterocycles. The average molecular weight is 352 g/mol. The maximum atomic E-state index is 11.7. The van der Waals surface area contributed by atoms with Gasteiger partial charge in [0, 0.05) is 16.3 Å². The smallest absolute Gasteiger partial charge is 0.264 e. The predicted molar refractivity (Wildman–Crippen MR) is 85.9 cm³/mol. The van der Waals surface area contributed by atoms with Gasteiger partial charge in [-0.1, -0.05) is 42.1 Å². The van der Waals surface area contributed by atoms with Crippen molar-refractivity contribution in [2.45, 2.75) is 39.0 Å². The lowest BCUT2D eigenvalue weighted by Gasteiger charge is -1.95. The number of halogens is 1. The van der Waals surface area contributed by atoms with Gasteiger partial charge in [0.05, 0.1) is 5.52 Å². The average Bonchev–Trinajstić information content (AvgIpc) is 2.76. The Morgan fingerprint density at radius 3 is 2.90 bits per heavy atom. The Balaban J connectivity index is 2.08. The van der Waals surface area contributed by atoms with Gasteiger partial charge < -0.3 is 10.1 Å². The van der Waals surface area contributed by atoms with Crippen LogP contribution in [0.15, 0.2) is 32.9 Å². The van der Waals surface area contributed by atoms with Crippen molar-refractivity contribution in [2.24, 2.45) is 10.2 Å². The topological polar surface area (TPSA) is 77.8 Å². The SMILES string of the molecule is CCCCCCC(=O)N=Nc1c(O)[nH]c2ccc(Br)cc12. The summed E-state index contributed by atoms with van der Waals surface area (Å²) in [5, 5.41) is 18.2. The summed E-state index contributed by atoms with van der Waals surface area (Å²) < 4.78 is 0.872. The Morgan fingerprint density at radius 2 is 2.14 bits per heavy atom. The van der Waals surface area contributed by atoms with Crippen LogP contribution in [-0.2, 0) is 4.79 Å². The van der Waals surface area contributed by atoms with Crippen molar-refractivity contribution in [1.29, 1.82) is 0 Å².